The van der Waals surface area contributed by atoms with Crippen LogP contribution in [0.2, 0.25) is 0 Å². The van der Waals surface area contributed by atoms with Crippen molar-refractivity contribution in [2.45, 2.75) is 114 Å². The number of carboxylic acid groups (broad SMARTS) is 1. The van der Waals surface area contributed by atoms with Gasteiger partial charge in [-0.25, -0.2) is 61.6 Å². The molecule has 10 rings (SSSR count). The van der Waals surface area contributed by atoms with E-state index in [4.69, 9.17) is 27.3 Å². The van der Waals surface area contributed by atoms with Gasteiger partial charge in [-0.15, -0.1) is 0 Å². The molecule has 5 aromatic carbocycles. The van der Waals surface area contributed by atoms with Gasteiger partial charge in [-0.05, 0) is 88.9 Å². The van der Waals surface area contributed by atoms with Crippen molar-refractivity contribution in [3.8, 4) is 45.5 Å². The predicted molar refractivity (Wildman–Crippen MR) is 365 cm³/mol. The number of aromatic carboxylic acids is 1. The number of nitriles is 2. The smallest absolute Gasteiger partial charge is 0.870 e. The van der Waals surface area contributed by atoms with Gasteiger partial charge in [-0.3, -0.25) is 24.3 Å². The number of aryl methyl sites for hydroxylation is 3. The molecule has 23 nitrogen and oxygen atoms in total. The summed E-state index contributed by atoms with van der Waals surface area (Å²) >= 11 is 0. The minimum Gasteiger partial charge on any atom is -0.870 e. The van der Waals surface area contributed by atoms with Gasteiger partial charge in [-0.2, -0.15) is 25.8 Å². The normalized spacial score (nSPS) is 10.3. The van der Waals surface area contributed by atoms with Crippen LogP contribution in [0.1, 0.15) is 148 Å². The van der Waals surface area contributed by atoms with Crippen molar-refractivity contribution in [1.82, 2.24) is 39.4 Å². The third kappa shape index (κ3) is 23.4. The molecule has 0 saturated carbocycles. The molecule has 29 heteroatoms. The van der Waals surface area contributed by atoms with Crippen LogP contribution < -0.4 is 24.6 Å². The van der Waals surface area contributed by atoms with Crippen LogP contribution in [0.4, 0.5) is 27.8 Å². The fourth-order valence-corrected chi connectivity index (χ4v) is 9.28. The summed E-state index contributed by atoms with van der Waals surface area (Å²) in [6, 6.07) is 38.4. The van der Waals surface area contributed by atoms with Crippen LogP contribution in [0.5, 0.6) is 0 Å². The molecular formula is C72H79F5LiN13O10. The Morgan fingerprint density at radius 1 is 0.644 bits per heavy atom. The molecule has 1 unspecified atom stereocenters. The first kappa shape index (κ1) is 87.7. The monoisotopic (exact) mass is 1390 g/mol. The molecule has 0 spiro atoms. The minimum atomic E-state index is -1.12. The first-order chi connectivity index (χ1) is 46.5. The summed E-state index contributed by atoms with van der Waals surface area (Å²) in [7, 11) is 0. The Kier molecular flexibility index (Phi) is 36.3. The van der Waals surface area contributed by atoms with Crippen molar-refractivity contribution in [2.24, 2.45) is 5.92 Å². The number of esters is 1. The minimum absolute atomic E-state index is 0. The summed E-state index contributed by atoms with van der Waals surface area (Å²) in [6.45, 7) is 21.2. The number of rotatable bonds is 15. The van der Waals surface area contributed by atoms with E-state index in [1.807, 2.05) is 47.6 Å². The van der Waals surface area contributed by atoms with Gasteiger partial charge in [0.2, 0.25) is 5.78 Å². The molecule has 101 heavy (non-hydrogen) atoms. The first-order valence-corrected chi connectivity index (χ1v) is 30.3. The third-order valence-electron chi connectivity index (χ3n) is 14.2. The van der Waals surface area contributed by atoms with Crippen molar-refractivity contribution in [3.05, 3.63) is 214 Å². The number of ether oxygens (including phenoxy) is 1. The van der Waals surface area contributed by atoms with Gasteiger partial charge in [0.15, 0.2) is 34.4 Å². The second-order valence-corrected chi connectivity index (χ2v) is 22.3. The second kappa shape index (κ2) is 41.8. The van der Waals surface area contributed by atoms with E-state index in [2.05, 4.69) is 35.1 Å². The zero-order valence-electron chi connectivity index (χ0n) is 57.9. The third-order valence-corrected chi connectivity index (χ3v) is 14.2. The van der Waals surface area contributed by atoms with Gasteiger partial charge in [0, 0.05) is 64.7 Å². The molecule has 1 atom stereocenters. The molecule has 9 N–H and O–H groups in total. The molecular weight excluding hydrogens is 1310 g/mol. The maximum atomic E-state index is 14.2. The first-order valence-electron chi connectivity index (χ1n) is 30.3. The number of nitrogens with two attached hydrogens (primary N) is 1. The standard InChI is InChI=1S/C18H18FN3O.C17H16FN3O2.C10H10FN3.C10H8FNO.C9H14O4.C8H6FN.Li.H2N2.2H2O.H2/c1-10(2)16-9-15(12(4)23)20-18-17(11(3)21-22(16)18)13-7-5-6-8-14(13)19;1-9(2)14-8-13(17(22)23)19-16-15(10(3)20-21(14)16)11-6-4-5-7-12(11)18;1-6-9(10(12)14-13-6)7-4-2-3-5-8(7)11;1-7(13)9(6-12)8-4-2-3-5-10(8)11;1-4-13-9(12)8(11)5-7(10)6(2)3;9-8-4-2-1-3-7(8)5-6-10;;1-2;;;/h5-10H,1-4H3;4-9H,1-3H3,(H,22,23);2-5H,1H3,(H3,12,13,14);2-5,9H,1H3;6H,4-5H2,1-3H3;1-4H,5H2;;1-2H;2*1H2;1H/q;;;;;;+1;;;;/p-1. The Hall–Kier alpha value is -11.3. The zero-order valence-corrected chi connectivity index (χ0v) is 57.9. The number of hydrogen-bond donors (Lipinski definition) is 5. The van der Waals surface area contributed by atoms with Crippen molar-refractivity contribution >= 4 is 52.2 Å². The number of aromatic amines is 1. The Morgan fingerprint density at radius 3 is 1.41 bits per heavy atom. The SMILES string of the molecule is CC(=O)C(C#N)c1ccccc1F.CC(=O)c1cc(C(C)C)n2nc(C)c(-c3ccccc3F)c2n1.CCOC(=O)C(=O)CC(=O)C(C)C.Cc1[nH]nc(N)c1-c1ccccc1F.Cc1nn2c(C(C)C)cc(C(=O)O)nc2c1-c1ccccc1F.N#CCc1ccccc1F.N=N.O.[HH].[Li+].[OH-]. The van der Waals surface area contributed by atoms with E-state index in [1.165, 1.54) is 62.4 Å². The molecule has 0 bridgehead atoms. The van der Waals surface area contributed by atoms with Gasteiger partial charge in [-0.1, -0.05) is 133 Å². The Balaban J connectivity index is 0.00000121. The van der Waals surface area contributed by atoms with Crippen LogP contribution in [-0.2, 0) is 30.3 Å². The van der Waals surface area contributed by atoms with Crippen LogP contribution in [0.15, 0.2) is 133 Å². The molecule has 0 aliphatic rings. The summed E-state index contributed by atoms with van der Waals surface area (Å²) in [5, 5.41) is 41.7. The Morgan fingerprint density at radius 2 is 1.05 bits per heavy atom. The molecule has 0 aliphatic carbocycles. The van der Waals surface area contributed by atoms with Gasteiger partial charge in [0.25, 0.3) is 0 Å². The largest absolute Gasteiger partial charge is 1.00 e. The van der Waals surface area contributed by atoms with Crippen LogP contribution in [0, 0.1) is 89.5 Å². The van der Waals surface area contributed by atoms with E-state index in [0.717, 1.165) is 17.1 Å². The van der Waals surface area contributed by atoms with E-state index >= 15 is 0 Å². The maximum absolute atomic E-state index is 14.2. The number of carbonyl (C=O) groups is 6. The van der Waals surface area contributed by atoms with E-state index in [0.29, 0.717) is 73.1 Å². The molecule has 528 valence electrons. The number of H-pyrrole nitrogens is 1. The molecule has 0 amide bonds. The Bertz CT molecular complexity index is 4420. The average Bonchev–Trinajstić information content (AvgIpc) is 1.60. The molecule has 0 fully saturated rings. The van der Waals surface area contributed by atoms with Crippen LogP contribution in [0.3, 0.4) is 0 Å². The molecule has 5 aromatic heterocycles. The number of aromatic nitrogens is 8. The van der Waals surface area contributed by atoms with Crippen LogP contribution in [-0.4, -0.2) is 97.1 Å². The van der Waals surface area contributed by atoms with Crippen molar-refractivity contribution in [1.29, 1.82) is 21.6 Å². The summed E-state index contributed by atoms with van der Waals surface area (Å²) in [6.07, 6.45) is -0.205. The summed E-state index contributed by atoms with van der Waals surface area (Å²) in [5.41, 5.74) is 24.2. The predicted octanol–water partition coefficient (Wildman–Crippen LogP) is 11.4. The number of Topliss-reactive ketones (excluding diaryl/α,β-unsaturated/α-hetero) is 4. The quantitative estimate of drug-likeness (QED) is 0.0121. The number of nitrogens with zero attached hydrogens (tertiary/aromatic N) is 9. The number of anilines is 1. The maximum Gasteiger partial charge on any atom is 1.00 e. The number of carboxylic acids is 1. The number of nitrogen functional groups attached to an aromatic ring is 1. The molecule has 0 radical (unpaired) electrons. The van der Waals surface area contributed by atoms with E-state index in [1.54, 1.807) is 128 Å². The second-order valence-electron chi connectivity index (χ2n) is 22.3. The van der Waals surface area contributed by atoms with Gasteiger partial charge >= 0.3 is 30.8 Å². The fourth-order valence-electron chi connectivity index (χ4n) is 9.28. The van der Waals surface area contributed by atoms with Gasteiger partial charge in [0.05, 0.1) is 54.1 Å². The summed E-state index contributed by atoms with van der Waals surface area (Å²) < 4.78 is 75.3. The van der Waals surface area contributed by atoms with Crippen molar-refractivity contribution in [3.63, 3.8) is 0 Å². The zero-order chi connectivity index (χ0) is 73.2. The van der Waals surface area contributed by atoms with E-state index in [-0.39, 0.29) is 120 Å². The number of nitrogens with one attached hydrogen (secondary N) is 3. The molecule has 5 heterocycles. The summed E-state index contributed by atoms with van der Waals surface area (Å²) in [5.74, 6) is -5.99. The molecule has 0 saturated heterocycles. The van der Waals surface area contributed by atoms with Crippen LogP contribution in [0.25, 0.3) is 44.7 Å². The summed E-state index contributed by atoms with van der Waals surface area (Å²) in [4.78, 5) is 75.5. The number of benzene rings is 5. The average molecular weight is 1390 g/mol. The number of fused-ring (bicyclic) bond motifs is 2. The van der Waals surface area contributed by atoms with E-state index < -0.39 is 29.5 Å². The molecule has 10 aromatic rings. The number of halogens is 5. The number of carbonyl (C=O) groups excluding carboxylic acids is 5. The van der Waals surface area contributed by atoms with Crippen molar-refractivity contribution < 1.29 is 91.8 Å². The Labute approximate surface area is 593 Å². The molecule has 0 aliphatic heterocycles. The topological polar surface area (TPSA) is 404 Å². The number of hydrogen-bond acceptors (Lipinski definition) is 18. The number of ketones is 4. The van der Waals surface area contributed by atoms with Gasteiger partial charge in [0.1, 0.15) is 46.5 Å². The fraction of sp³-hybridized carbons (Fsp3) is 0.264. The van der Waals surface area contributed by atoms with Crippen LogP contribution >= 0.6 is 0 Å². The van der Waals surface area contributed by atoms with E-state index in [9.17, 15) is 55.8 Å². The van der Waals surface area contributed by atoms with Gasteiger partial charge < -0.3 is 26.5 Å². The van der Waals surface area contributed by atoms with Crippen molar-refractivity contribution in [2.75, 3.05) is 12.3 Å².